The number of nitrogens with two attached hydrogens (primary N) is 4. The average Bonchev–Trinajstić information content (AvgIpc) is 1.70. The summed E-state index contributed by atoms with van der Waals surface area (Å²) in [4.78, 5) is 120. The highest BCUT2D eigenvalue weighted by Crippen LogP contribution is 2.30. The maximum Gasteiger partial charge on any atom is 0.363 e. The summed E-state index contributed by atoms with van der Waals surface area (Å²) in [7, 11) is 12.0. The van der Waals surface area contributed by atoms with Crippen molar-refractivity contribution in [3.05, 3.63) is 133 Å². The molecule has 46 nitrogen and oxygen atoms in total. The van der Waals surface area contributed by atoms with Crippen molar-refractivity contribution < 1.29 is 52.9 Å². The van der Waals surface area contributed by atoms with E-state index in [0.29, 0.717) is 51.0 Å². The van der Waals surface area contributed by atoms with E-state index in [-0.39, 0.29) is 62.8 Å². The van der Waals surface area contributed by atoms with Crippen LogP contribution in [0.3, 0.4) is 0 Å². The molecule has 4 aliphatic rings. The molecule has 590 valence electrons. The van der Waals surface area contributed by atoms with E-state index in [0.717, 1.165) is 131 Å². The van der Waals surface area contributed by atoms with Gasteiger partial charge in [0.1, 0.15) is 51.9 Å². The Morgan fingerprint density at radius 1 is 0.550 bits per heavy atom. The third-order valence-corrected chi connectivity index (χ3v) is 17.5. The van der Waals surface area contributed by atoms with Gasteiger partial charge >= 0.3 is 34.7 Å². The largest absolute Gasteiger partial charge is 0.464 e. The van der Waals surface area contributed by atoms with Gasteiger partial charge in [-0.05, 0) is 74.6 Å². The maximum atomic E-state index is 11.1. The minimum Gasteiger partial charge on any atom is -0.464 e. The number of aromatic amines is 3. The van der Waals surface area contributed by atoms with Gasteiger partial charge in [-0.1, -0.05) is 11.6 Å². The van der Waals surface area contributed by atoms with Gasteiger partial charge < -0.3 is 52.2 Å². The summed E-state index contributed by atoms with van der Waals surface area (Å²) in [5.74, 6) is -2.20. The van der Waals surface area contributed by atoms with Gasteiger partial charge in [-0.15, -0.1) is 12.4 Å². The summed E-state index contributed by atoms with van der Waals surface area (Å²) in [6, 6.07) is 2.38. The number of ether oxygens (including phenoxy) is 4. The van der Waals surface area contributed by atoms with Crippen LogP contribution in [-0.4, -0.2) is 238 Å². The number of amides is 2. The Labute approximate surface area is 637 Å². The number of halogens is 4. The number of anilines is 2. The molecule has 10 aromatic heterocycles. The summed E-state index contributed by atoms with van der Waals surface area (Å²) in [5, 5.41) is 63.6. The molecule has 12 N–H and O–H groups in total. The fourth-order valence-corrected chi connectivity index (χ4v) is 12.3. The molecule has 0 bridgehead atoms. The Morgan fingerprint density at radius 3 is 1.47 bits per heavy atom. The molecule has 2 aliphatic heterocycles. The number of morpholine rings is 2. The Hall–Kier alpha value is -11.3. The Bertz CT molecular complexity index is 4860. The summed E-state index contributed by atoms with van der Waals surface area (Å²) < 4.78 is 27.8. The first-order valence-electron chi connectivity index (χ1n) is 32.5. The number of rotatable bonds is 11. The van der Waals surface area contributed by atoms with E-state index in [4.69, 9.17) is 67.2 Å². The Balaban J connectivity index is 0.000000198. The Morgan fingerprint density at radius 2 is 0.991 bits per heavy atom. The fourth-order valence-electron chi connectivity index (χ4n) is 11.6. The molecule has 10 aromatic rings. The standard InChI is InChI=1S/C16H23ClN6O.C10H20N2O.C6H4Cl2N4.C6H6N4O2.C6H7N3O4.C5H6N4O3.C5H8N4O.C5H5N3O4.ClH/c1-22-14-13(10-18-22)20-16(17)21-15(14)19-11-2-4-12(5-3-11)23-6-8-24-9-7-23;11-9-1-3-10(4-2-9)12-5-7-13-8-6-12;1-12-4-3(2-9-12)10-6(8)11-5(4)7;1-10-4-3(2-7-10)8-6(12)9-5(4)11;1-8-5(6(10)13-2)4(3-7-8)9(11)12;1-8-4(5(6)10)3(2-7-8)9(11)12;1-9-4(5(7)10)3(6)2-8-9;1-12-5(9)4-3(8(10)11)2-6-7-4;/h10-12H,2-9H2,1H3,(H,19,20,21);9-10H,1-8,11H2;2H,1H3;2H,1H3,(H2,8,9,11,12);3H,1-2H3;2H,1H3,(H2,6,10);2H,6H2,1H3,(H2,7,10);2H,1H3,(H,6,7);1H. The fraction of sp³-hybridized carbons (Fsp3) is 0.475. The number of carbonyl (C=O) groups is 4. The van der Waals surface area contributed by atoms with Crippen molar-refractivity contribution in [3.8, 4) is 0 Å². The summed E-state index contributed by atoms with van der Waals surface area (Å²) in [6.45, 7) is 7.97. The number of H-pyrrole nitrogens is 3. The highest BCUT2D eigenvalue weighted by Gasteiger charge is 2.30. The van der Waals surface area contributed by atoms with Crippen LogP contribution in [0.15, 0.2) is 53.0 Å². The number of primary amides is 2. The van der Waals surface area contributed by atoms with Crippen LogP contribution in [0.2, 0.25) is 15.7 Å². The first kappa shape index (κ1) is 86.6. The number of nitrogens with zero attached hydrogens (tertiary/aromatic N) is 22. The summed E-state index contributed by atoms with van der Waals surface area (Å²) in [5.41, 5.74) is 22.9. The SMILES string of the molecule is COC(=O)c1[nH]ncc1[N+](=O)[O-].COC(=O)c1c([N+](=O)[O-])cnn1C.Cl.Cn1ncc(N)c1C(N)=O.Cn1ncc([N+](=O)[O-])c1C(N)=O.Cn1ncc2[nH]c(=O)[nH]c(=O)c21.Cn1ncc2nc(Cl)nc(Cl)c21.Cn1ncc2nc(Cl)nc(NC3CCC(N4CCOCC4)CC3)c21.NC1CCC(N2CCOCC2)CC1. The molecular formula is C59H80Cl4N30O16. The predicted molar refractivity (Wildman–Crippen MR) is 394 cm³/mol. The maximum absolute atomic E-state index is 11.1. The monoisotopic (exact) mass is 1600 g/mol. The third kappa shape index (κ3) is 23.4. The van der Waals surface area contributed by atoms with Crippen molar-refractivity contribution in [2.75, 3.05) is 77.9 Å². The van der Waals surface area contributed by atoms with Crippen LogP contribution < -0.4 is 39.5 Å². The number of esters is 2. The number of nitrogens with one attached hydrogen (secondary N) is 4. The van der Waals surface area contributed by atoms with Gasteiger partial charge in [0.15, 0.2) is 11.0 Å². The normalized spacial score (nSPS) is 16.7. The summed E-state index contributed by atoms with van der Waals surface area (Å²) >= 11 is 17.5. The molecule has 14 rings (SSSR count). The second kappa shape index (κ2) is 40.6. The smallest absolute Gasteiger partial charge is 0.363 e. The number of aromatic nitrogens is 20. The number of fused-ring (bicyclic) bond motifs is 3. The van der Waals surface area contributed by atoms with E-state index < -0.39 is 49.8 Å². The van der Waals surface area contributed by atoms with Crippen LogP contribution in [0.4, 0.5) is 28.6 Å². The van der Waals surface area contributed by atoms with E-state index in [9.17, 15) is 59.1 Å². The quantitative estimate of drug-likeness (QED) is 0.0303. The lowest BCUT2D eigenvalue weighted by molar-refractivity contribution is -0.385. The van der Waals surface area contributed by atoms with Crippen molar-refractivity contribution in [2.24, 2.45) is 59.5 Å². The second-order valence-electron chi connectivity index (χ2n) is 23.8. The van der Waals surface area contributed by atoms with Crippen molar-refractivity contribution in [3.63, 3.8) is 0 Å². The van der Waals surface area contributed by atoms with E-state index in [1.54, 1.807) is 42.9 Å². The molecule has 2 saturated heterocycles. The molecule has 12 heterocycles. The lowest BCUT2D eigenvalue weighted by atomic mass is 9.90. The number of aryl methyl sites for hydroxylation is 6. The van der Waals surface area contributed by atoms with Gasteiger partial charge in [0.05, 0.1) is 91.4 Å². The zero-order chi connectivity index (χ0) is 79.2. The molecule has 2 amide bonds. The average molecular weight is 1610 g/mol. The first-order chi connectivity index (χ1) is 51.3. The number of hydrogen-bond donors (Lipinski definition) is 8. The molecule has 0 unspecified atom stereocenters. The minimum atomic E-state index is -0.860. The van der Waals surface area contributed by atoms with Crippen LogP contribution in [0.5, 0.6) is 0 Å². The zero-order valence-electron chi connectivity index (χ0n) is 59.9. The van der Waals surface area contributed by atoms with Gasteiger partial charge in [0.2, 0.25) is 27.6 Å². The van der Waals surface area contributed by atoms with Crippen LogP contribution >= 0.6 is 47.2 Å². The molecule has 0 spiro atoms. The van der Waals surface area contributed by atoms with Gasteiger partial charge in [0, 0.05) is 92.6 Å². The second-order valence-corrected chi connectivity index (χ2v) is 24.8. The first-order valence-corrected chi connectivity index (χ1v) is 33.7. The van der Waals surface area contributed by atoms with Crippen molar-refractivity contribution in [1.82, 2.24) is 109 Å². The molecule has 0 aromatic carbocycles. The summed E-state index contributed by atoms with van der Waals surface area (Å²) in [6.07, 6.45) is 18.8. The predicted octanol–water partition coefficient (Wildman–Crippen LogP) is 2.45. The van der Waals surface area contributed by atoms with E-state index in [2.05, 4.69) is 95.3 Å². The van der Waals surface area contributed by atoms with Gasteiger partial charge in [-0.3, -0.25) is 92.7 Å². The zero-order valence-corrected chi connectivity index (χ0v) is 63.0. The lowest BCUT2D eigenvalue weighted by Gasteiger charge is -2.39. The number of carbonyl (C=O) groups excluding carboxylic acids is 4. The lowest BCUT2D eigenvalue weighted by Crippen LogP contribution is -2.46. The van der Waals surface area contributed by atoms with Gasteiger partial charge in [-0.2, -0.15) is 40.7 Å². The van der Waals surface area contributed by atoms with E-state index in [1.807, 2.05) is 7.05 Å². The number of nitrogen functional groups attached to an aromatic ring is 1. The molecule has 0 radical (unpaired) electrons. The van der Waals surface area contributed by atoms with Crippen LogP contribution in [0.1, 0.15) is 93.3 Å². The van der Waals surface area contributed by atoms with Crippen LogP contribution in [0.25, 0.3) is 33.1 Å². The number of nitro groups is 3. The highest BCUT2D eigenvalue weighted by atomic mass is 35.5. The van der Waals surface area contributed by atoms with Gasteiger partial charge in [0.25, 0.3) is 17.4 Å². The van der Waals surface area contributed by atoms with Crippen molar-refractivity contribution in [1.29, 1.82) is 0 Å². The number of methoxy groups -OCH3 is 2. The van der Waals surface area contributed by atoms with E-state index in [1.165, 1.54) is 74.4 Å². The van der Waals surface area contributed by atoms with Crippen LogP contribution in [-0.2, 0) is 61.2 Å². The molecule has 109 heavy (non-hydrogen) atoms. The molecule has 2 saturated carbocycles. The molecule has 0 atom stereocenters. The van der Waals surface area contributed by atoms with E-state index >= 15 is 0 Å². The van der Waals surface area contributed by atoms with Crippen molar-refractivity contribution >= 4 is 133 Å². The number of hydrogen-bond acceptors (Lipinski definition) is 32. The van der Waals surface area contributed by atoms with Crippen molar-refractivity contribution in [2.45, 2.75) is 75.5 Å². The van der Waals surface area contributed by atoms with Crippen LogP contribution in [0, 0.1) is 30.3 Å². The highest BCUT2D eigenvalue weighted by molar-refractivity contribution is 6.35. The topological polar surface area (TPSA) is 610 Å². The molecular weight excluding hydrogens is 1530 g/mol. The van der Waals surface area contributed by atoms with Gasteiger partial charge in [-0.25, -0.2) is 29.3 Å². The Kier molecular flexibility index (Phi) is 32.3. The molecule has 50 heteroatoms. The third-order valence-electron chi connectivity index (χ3n) is 16.9. The molecule has 4 fully saturated rings. The molecule has 2 aliphatic carbocycles. The minimum absolute atomic E-state index is 0.